The molecule has 1 amide bonds. The Balaban J connectivity index is 2.05. The summed E-state index contributed by atoms with van der Waals surface area (Å²) in [6, 6.07) is 5.95. The summed E-state index contributed by atoms with van der Waals surface area (Å²) in [6.07, 6.45) is 0. The lowest BCUT2D eigenvalue weighted by atomic mass is 10.1. The lowest BCUT2D eigenvalue weighted by Gasteiger charge is -2.13. The molecule has 0 fully saturated rings. The maximum atomic E-state index is 12.2. The maximum absolute atomic E-state index is 12.2. The first kappa shape index (κ1) is 15.9. The van der Waals surface area contributed by atoms with Crippen molar-refractivity contribution in [2.45, 2.75) is 34.6 Å². The van der Waals surface area contributed by atoms with Gasteiger partial charge in [0.1, 0.15) is 11.6 Å². The molecule has 0 spiro atoms. The van der Waals surface area contributed by atoms with Crippen LogP contribution in [0.2, 0.25) is 0 Å². The Labute approximate surface area is 131 Å². The van der Waals surface area contributed by atoms with Crippen LogP contribution in [0.3, 0.4) is 0 Å². The Kier molecular flexibility index (Phi) is 4.75. The fourth-order valence-electron chi connectivity index (χ4n) is 2.30. The quantitative estimate of drug-likeness (QED) is 0.910. The van der Waals surface area contributed by atoms with Crippen LogP contribution in [-0.4, -0.2) is 22.4 Å². The third-order valence-corrected chi connectivity index (χ3v) is 3.66. The fourth-order valence-corrected chi connectivity index (χ4v) is 2.30. The van der Waals surface area contributed by atoms with Gasteiger partial charge in [-0.1, -0.05) is 18.2 Å². The van der Waals surface area contributed by atoms with Gasteiger partial charge in [0.15, 0.2) is 0 Å². The van der Waals surface area contributed by atoms with E-state index in [2.05, 4.69) is 20.6 Å². The molecule has 0 unspecified atom stereocenters. The summed E-state index contributed by atoms with van der Waals surface area (Å²) in [5.41, 5.74) is 4.87. The number of hydrogen-bond acceptors (Lipinski definition) is 4. The van der Waals surface area contributed by atoms with Gasteiger partial charge in [0.05, 0.1) is 6.54 Å². The van der Waals surface area contributed by atoms with E-state index >= 15 is 0 Å². The van der Waals surface area contributed by atoms with E-state index in [1.165, 1.54) is 0 Å². The average molecular weight is 298 g/mol. The van der Waals surface area contributed by atoms with Gasteiger partial charge < -0.3 is 10.6 Å². The standard InChI is InChI=1S/C17H22N4O/c1-10-7-6-8-11(2)16(10)21-15(22)9-18-17-12(3)13(4)19-14(5)20-17/h6-8H,9H2,1-5H3,(H,21,22)(H,18,19,20). The van der Waals surface area contributed by atoms with Crippen LogP contribution in [0.25, 0.3) is 0 Å². The molecule has 2 aromatic rings. The third-order valence-electron chi connectivity index (χ3n) is 3.66. The van der Waals surface area contributed by atoms with Crippen LogP contribution in [-0.2, 0) is 4.79 Å². The summed E-state index contributed by atoms with van der Waals surface area (Å²) in [7, 11) is 0. The highest BCUT2D eigenvalue weighted by molar-refractivity contribution is 5.95. The first-order valence-corrected chi connectivity index (χ1v) is 7.30. The van der Waals surface area contributed by atoms with Gasteiger partial charge >= 0.3 is 0 Å². The van der Waals surface area contributed by atoms with Crippen LogP contribution in [0, 0.1) is 34.6 Å². The summed E-state index contributed by atoms with van der Waals surface area (Å²) in [5, 5.41) is 6.04. The number of amides is 1. The van der Waals surface area contributed by atoms with Crippen LogP contribution >= 0.6 is 0 Å². The molecule has 22 heavy (non-hydrogen) atoms. The van der Waals surface area contributed by atoms with Gasteiger partial charge in [0, 0.05) is 16.9 Å². The molecule has 5 heteroatoms. The van der Waals surface area contributed by atoms with E-state index in [4.69, 9.17) is 0 Å². The molecule has 0 aliphatic heterocycles. The van der Waals surface area contributed by atoms with Crippen molar-refractivity contribution in [3.63, 3.8) is 0 Å². The zero-order valence-electron chi connectivity index (χ0n) is 13.7. The molecular formula is C17H22N4O. The highest BCUT2D eigenvalue weighted by Crippen LogP contribution is 2.19. The summed E-state index contributed by atoms with van der Waals surface area (Å²) < 4.78 is 0. The summed E-state index contributed by atoms with van der Waals surface area (Å²) in [4.78, 5) is 20.8. The first-order chi connectivity index (χ1) is 10.4. The van der Waals surface area contributed by atoms with Gasteiger partial charge in [0.2, 0.25) is 5.91 Å². The molecule has 0 radical (unpaired) electrons. The van der Waals surface area contributed by atoms with Crippen LogP contribution in [0.15, 0.2) is 18.2 Å². The number of hydrogen-bond donors (Lipinski definition) is 2. The lowest BCUT2D eigenvalue weighted by Crippen LogP contribution is -2.23. The molecule has 0 bridgehead atoms. The van der Waals surface area contributed by atoms with Crippen LogP contribution in [0.4, 0.5) is 11.5 Å². The molecule has 0 saturated heterocycles. The summed E-state index contributed by atoms with van der Waals surface area (Å²) in [6.45, 7) is 9.86. The van der Waals surface area contributed by atoms with Gasteiger partial charge in [-0.3, -0.25) is 4.79 Å². The molecule has 0 aliphatic rings. The van der Waals surface area contributed by atoms with E-state index in [1.54, 1.807) is 0 Å². The Morgan fingerprint density at radius 3 is 2.32 bits per heavy atom. The third kappa shape index (κ3) is 3.61. The van der Waals surface area contributed by atoms with E-state index in [-0.39, 0.29) is 12.5 Å². The predicted octanol–water partition coefficient (Wildman–Crippen LogP) is 3.07. The smallest absolute Gasteiger partial charge is 0.243 e. The number of aryl methyl sites for hydroxylation is 4. The second-order valence-corrected chi connectivity index (χ2v) is 5.50. The second kappa shape index (κ2) is 6.56. The highest BCUT2D eigenvalue weighted by Gasteiger charge is 2.10. The van der Waals surface area contributed by atoms with Crippen molar-refractivity contribution in [1.82, 2.24) is 9.97 Å². The molecule has 1 heterocycles. The zero-order chi connectivity index (χ0) is 16.3. The number of rotatable bonds is 4. The minimum absolute atomic E-state index is 0.0919. The molecule has 2 N–H and O–H groups in total. The minimum atomic E-state index is -0.0919. The Hall–Kier alpha value is -2.43. The van der Waals surface area contributed by atoms with Crippen molar-refractivity contribution in [2.24, 2.45) is 0 Å². The molecule has 116 valence electrons. The fraction of sp³-hybridized carbons (Fsp3) is 0.353. The normalized spacial score (nSPS) is 10.4. The lowest BCUT2D eigenvalue weighted by molar-refractivity contribution is -0.114. The number of nitrogens with one attached hydrogen (secondary N) is 2. The molecule has 1 aromatic heterocycles. The SMILES string of the molecule is Cc1nc(C)c(C)c(NCC(=O)Nc2c(C)cccc2C)n1. The molecule has 5 nitrogen and oxygen atoms in total. The van der Waals surface area contributed by atoms with Gasteiger partial charge in [-0.2, -0.15) is 0 Å². The number of carbonyl (C=O) groups excluding carboxylic acids is 1. The number of para-hydroxylation sites is 1. The number of aromatic nitrogens is 2. The van der Waals surface area contributed by atoms with Crippen molar-refractivity contribution in [1.29, 1.82) is 0 Å². The van der Waals surface area contributed by atoms with E-state index in [0.717, 1.165) is 28.1 Å². The summed E-state index contributed by atoms with van der Waals surface area (Å²) >= 11 is 0. The average Bonchev–Trinajstić information content (AvgIpc) is 2.45. The number of nitrogens with zero attached hydrogens (tertiary/aromatic N) is 2. The van der Waals surface area contributed by atoms with Gasteiger partial charge in [-0.25, -0.2) is 9.97 Å². The monoisotopic (exact) mass is 298 g/mol. The Morgan fingerprint density at radius 1 is 1.05 bits per heavy atom. The molecule has 1 aromatic carbocycles. The van der Waals surface area contributed by atoms with Crippen LogP contribution < -0.4 is 10.6 Å². The molecule has 0 saturated carbocycles. The van der Waals surface area contributed by atoms with Crippen molar-refractivity contribution in [2.75, 3.05) is 17.2 Å². The second-order valence-electron chi connectivity index (χ2n) is 5.50. The molecular weight excluding hydrogens is 276 g/mol. The van der Waals surface area contributed by atoms with E-state index in [9.17, 15) is 4.79 Å². The minimum Gasteiger partial charge on any atom is -0.361 e. The van der Waals surface area contributed by atoms with Crippen molar-refractivity contribution < 1.29 is 4.79 Å². The maximum Gasteiger partial charge on any atom is 0.243 e. The van der Waals surface area contributed by atoms with E-state index in [0.29, 0.717) is 11.6 Å². The first-order valence-electron chi connectivity index (χ1n) is 7.30. The zero-order valence-corrected chi connectivity index (χ0v) is 13.7. The number of carbonyl (C=O) groups is 1. The van der Waals surface area contributed by atoms with E-state index < -0.39 is 0 Å². The predicted molar refractivity (Wildman–Crippen MR) is 89.3 cm³/mol. The largest absolute Gasteiger partial charge is 0.361 e. The van der Waals surface area contributed by atoms with Crippen molar-refractivity contribution >= 4 is 17.4 Å². The van der Waals surface area contributed by atoms with E-state index in [1.807, 2.05) is 52.8 Å². The number of benzene rings is 1. The van der Waals surface area contributed by atoms with Crippen LogP contribution in [0.1, 0.15) is 28.2 Å². The topological polar surface area (TPSA) is 66.9 Å². The number of anilines is 2. The Morgan fingerprint density at radius 2 is 1.68 bits per heavy atom. The molecule has 0 aliphatic carbocycles. The highest BCUT2D eigenvalue weighted by atomic mass is 16.1. The van der Waals surface area contributed by atoms with Gasteiger partial charge in [-0.15, -0.1) is 0 Å². The van der Waals surface area contributed by atoms with Gasteiger partial charge in [0.25, 0.3) is 0 Å². The Bertz CT molecular complexity index is 690. The molecule has 0 atom stereocenters. The van der Waals surface area contributed by atoms with Crippen LogP contribution in [0.5, 0.6) is 0 Å². The summed E-state index contributed by atoms with van der Waals surface area (Å²) in [5.74, 6) is 1.31. The van der Waals surface area contributed by atoms with Crippen molar-refractivity contribution in [3.8, 4) is 0 Å². The van der Waals surface area contributed by atoms with Gasteiger partial charge in [-0.05, 0) is 45.7 Å². The molecule has 2 rings (SSSR count). The van der Waals surface area contributed by atoms with Crippen molar-refractivity contribution in [3.05, 3.63) is 46.4 Å².